The molecule has 0 aliphatic rings. The lowest BCUT2D eigenvalue weighted by Gasteiger charge is -2.23. The molecule has 0 saturated carbocycles. The molecular formula is C21H29NO2. The van der Waals surface area contributed by atoms with Crippen molar-refractivity contribution < 1.29 is 9.47 Å². The Labute approximate surface area is 145 Å². The van der Waals surface area contributed by atoms with Gasteiger partial charge in [0, 0.05) is 0 Å². The summed E-state index contributed by atoms with van der Waals surface area (Å²) >= 11 is 0. The fourth-order valence-corrected chi connectivity index (χ4v) is 2.59. The van der Waals surface area contributed by atoms with Crippen LogP contribution in [0.1, 0.15) is 37.5 Å². The summed E-state index contributed by atoms with van der Waals surface area (Å²) in [5.74, 6) is 1.80. The summed E-state index contributed by atoms with van der Waals surface area (Å²) in [7, 11) is 0. The number of benzene rings is 2. The monoisotopic (exact) mass is 327 g/mol. The summed E-state index contributed by atoms with van der Waals surface area (Å²) in [4.78, 5) is 0. The lowest BCUT2D eigenvalue weighted by Crippen LogP contribution is -2.16. The standard InChI is InChI=1S/C21H29NO2/c1-16-5-10-20(19(15-16)21(2,3)4)24-14-13-23-18-8-6-17(7-9-18)11-12-22/h5-10,15H,11-14,22H2,1-4H3. The minimum Gasteiger partial charge on any atom is -0.490 e. The third-order valence-corrected chi connectivity index (χ3v) is 3.91. The number of rotatable bonds is 7. The second kappa shape index (κ2) is 8.20. The maximum Gasteiger partial charge on any atom is 0.123 e. The smallest absolute Gasteiger partial charge is 0.123 e. The maximum absolute atomic E-state index is 5.96. The lowest BCUT2D eigenvalue weighted by atomic mass is 9.85. The first-order valence-electron chi connectivity index (χ1n) is 8.56. The van der Waals surface area contributed by atoms with Crippen molar-refractivity contribution in [1.29, 1.82) is 0 Å². The molecule has 0 saturated heterocycles. The normalized spacial score (nSPS) is 11.4. The molecule has 0 bridgehead atoms. The summed E-state index contributed by atoms with van der Waals surface area (Å²) in [6.45, 7) is 10.4. The van der Waals surface area contributed by atoms with Crippen LogP contribution in [0, 0.1) is 6.92 Å². The predicted octanol–water partition coefficient (Wildman–Crippen LogP) is 4.25. The van der Waals surface area contributed by atoms with Crippen LogP contribution in [-0.4, -0.2) is 19.8 Å². The first kappa shape index (κ1) is 18.3. The highest BCUT2D eigenvalue weighted by Gasteiger charge is 2.19. The average Bonchev–Trinajstić information content (AvgIpc) is 2.53. The zero-order valence-corrected chi connectivity index (χ0v) is 15.3. The third kappa shape index (κ3) is 5.27. The predicted molar refractivity (Wildman–Crippen MR) is 100 cm³/mol. The van der Waals surface area contributed by atoms with E-state index in [1.165, 1.54) is 16.7 Å². The molecule has 3 heteroatoms. The fraction of sp³-hybridized carbons (Fsp3) is 0.429. The van der Waals surface area contributed by atoms with Crippen molar-refractivity contribution in [3.8, 4) is 11.5 Å². The van der Waals surface area contributed by atoms with Crippen molar-refractivity contribution in [2.45, 2.75) is 39.5 Å². The van der Waals surface area contributed by atoms with Crippen LogP contribution >= 0.6 is 0 Å². The van der Waals surface area contributed by atoms with Crippen LogP contribution in [0.25, 0.3) is 0 Å². The maximum atomic E-state index is 5.96. The van der Waals surface area contributed by atoms with E-state index in [0.717, 1.165) is 17.9 Å². The van der Waals surface area contributed by atoms with Crippen LogP contribution < -0.4 is 15.2 Å². The Morgan fingerprint density at radius 3 is 2.21 bits per heavy atom. The second-order valence-corrected chi connectivity index (χ2v) is 7.13. The average molecular weight is 327 g/mol. The summed E-state index contributed by atoms with van der Waals surface area (Å²) in [5.41, 5.74) is 9.33. The van der Waals surface area contributed by atoms with E-state index in [4.69, 9.17) is 15.2 Å². The van der Waals surface area contributed by atoms with Gasteiger partial charge in [0.25, 0.3) is 0 Å². The molecule has 24 heavy (non-hydrogen) atoms. The molecule has 0 radical (unpaired) electrons. The number of nitrogens with two attached hydrogens (primary N) is 1. The van der Waals surface area contributed by atoms with Crippen LogP contribution in [0.2, 0.25) is 0 Å². The van der Waals surface area contributed by atoms with Gasteiger partial charge in [-0.15, -0.1) is 0 Å². The Morgan fingerprint density at radius 1 is 0.917 bits per heavy atom. The van der Waals surface area contributed by atoms with E-state index in [0.29, 0.717) is 19.8 Å². The van der Waals surface area contributed by atoms with Gasteiger partial charge in [-0.3, -0.25) is 0 Å². The van der Waals surface area contributed by atoms with Crippen LogP contribution in [-0.2, 0) is 11.8 Å². The van der Waals surface area contributed by atoms with E-state index in [1.807, 2.05) is 12.1 Å². The van der Waals surface area contributed by atoms with E-state index in [-0.39, 0.29) is 5.41 Å². The van der Waals surface area contributed by atoms with Gasteiger partial charge in [0.05, 0.1) is 0 Å². The highest BCUT2D eigenvalue weighted by molar-refractivity contribution is 5.41. The molecule has 130 valence electrons. The number of hydrogen-bond acceptors (Lipinski definition) is 3. The highest BCUT2D eigenvalue weighted by Crippen LogP contribution is 2.32. The molecular weight excluding hydrogens is 298 g/mol. The summed E-state index contributed by atoms with van der Waals surface area (Å²) in [6.07, 6.45) is 0.895. The van der Waals surface area contributed by atoms with Gasteiger partial charge in [-0.05, 0) is 54.6 Å². The van der Waals surface area contributed by atoms with Gasteiger partial charge in [-0.2, -0.15) is 0 Å². The lowest BCUT2D eigenvalue weighted by molar-refractivity contribution is 0.214. The molecule has 2 N–H and O–H groups in total. The van der Waals surface area contributed by atoms with Crippen molar-refractivity contribution in [2.75, 3.05) is 19.8 Å². The molecule has 0 aromatic heterocycles. The molecule has 0 atom stereocenters. The summed E-state index contributed by atoms with van der Waals surface area (Å²) < 4.78 is 11.7. The van der Waals surface area contributed by atoms with E-state index in [9.17, 15) is 0 Å². The third-order valence-electron chi connectivity index (χ3n) is 3.91. The molecule has 3 nitrogen and oxygen atoms in total. The van der Waals surface area contributed by atoms with Crippen LogP contribution in [0.5, 0.6) is 11.5 Å². The molecule has 0 aliphatic heterocycles. The minimum absolute atomic E-state index is 0.0566. The molecule has 2 aromatic rings. The first-order valence-corrected chi connectivity index (χ1v) is 8.56. The van der Waals surface area contributed by atoms with Crippen LogP contribution in [0.3, 0.4) is 0 Å². The molecule has 0 spiro atoms. The largest absolute Gasteiger partial charge is 0.490 e. The molecule has 2 aromatic carbocycles. The Balaban J connectivity index is 1.88. The van der Waals surface area contributed by atoms with E-state index < -0.39 is 0 Å². The van der Waals surface area contributed by atoms with Crippen molar-refractivity contribution in [3.05, 3.63) is 59.2 Å². The van der Waals surface area contributed by atoms with Crippen molar-refractivity contribution >= 4 is 0 Å². The van der Waals surface area contributed by atoms with Crippen molar-refractivity contribution in [2.24, 2.45) is 5.73 Å². The molecule has 0 aliphatic carbocycles. The first-order chi connectivity index (χ1) is 11.4. The van der Waals surface area contributed by atoms with Gasteiger partial charge in [0.1, 0.15) is 24.7 Å². The van der Waals surface area contributed by atoms with Gasteiger partial charge >= 0.3 is 0 Å². The topological polar surface area (TPSA) is 44.5 Å². The number of aryl methyl sites for hydroxylation is 1. The van der Waals surface area contributed by atoms with Crippen molar-refractivity contribution in [3.63, 3.8) is 0 Å². The zero-order chi connectivity index (χ0) is 17.6. The van der Waals surface area contributed by atoms with Gasteiger partial charge in [-0.25, -0.2) is 0 Å². The van der Waals surface area contributed by atoms with Crippen LogP contribution in [0.15, 0.2) is 42.5 Å². The quantitative estimate of drug-likeness (QED) is 0.773. The SMILES string of the molecule is Cc1ccc(OCCOc2ccc(CCN)cc2)c(C(C)(C)C)c1. The number of hydrogen-bond donors (Lipinski definition) is 1. The van der Waals surface area contributed by atoms with Gasteiger partial charge in [0.15, 0.2) is 0 Å². The summed E-state index contributed by atoms with van der Waals surface area (Å²) in [6, 6.07) is 14.4. The van der Waals surface area contributed by atoms with Gasteiger partial charge in [-0.1, -0.05) is 50.6 Å². The Hall–Kier alpha value is -2.00. The molecule has 0 amide bonds. The van der Waals surface area contributed by atoms with E-state index >= 15 is 0 Å². The Bertz CT molecular complexity index is 642. The molecule has 0 unspecified atom stereocenters. The Kier molecular flexibility index (Phi) is 6.27. The zero-order valence-electron chi connectivity index (χ0n) is 15.3. The molecule has 0 heterocycles. The number of ether oxygens (including phenoxy) is 2. The fourth-order valence-electron chi connectivity index (χ4n) is 2.59. The second-order valence-electron chi connectivity index (χ2n) is 7.13. The van der Waals surface area contributed by atoms with Crippen LogP contribution in [0.4, 0.5) is 0 Å². The van der Waals surface area contributed by atoms with Gasteiger partial charge < -0.3 is 15.2 Å². The van der Waals surface area contributed by atoms with Crippen molar-refractivity contribution in [1.82, 2.24) is 0 Å². The summed E-state index contributed by atoms with van der Waals surface area (Å²) in [5, 5.41) is 0. The Morgan fingerprint density at radius 2 is 1.58 bits per heavy atom. The van der Waals surface area contributed by atoms with E-state index in [2.05, 4.69) is 58.0 Å². The molecule has 0 fully saturated rings. The van der Waals surface area contributed by atoms with E-state index in [1.54, 1.807) is 0 Å². The van der Waals surface area contributed by atoms with Gasteiger partial charge in [0.2, 0.25) is 0 Å². The highest BCUT2D eigenvalue weighted by atomic mass is 16.5. The molecule has 2 rings (SSSR count). The minimum atomic E-state index is 0.0566.